The highest BCUT2D eigenvalue weighted by Gasteiger charge is 2.32. The highest BCUT2D eigenvalue weighted by atomic mass is 127. The molecule has 0 saturated heterocycles. The number of hydrogen-bond acceptors (Lipinski definition) is 3. The van der Waals surface area contributed by atoms with Crippen LogP contribution in [-0.4, -0.2) is 13.4 Å². The van der Waals surface area contributed by atoms with E-state index < -0.39 is 26.5 Å². The zero-order valence-electron chi connectivity index (χ0n) is 11.9. The van der Waals surface area contributed by atoms with Crippen LogP contribution < -0.4 is 0 Å². The maximum atomic E-state index is 12.8. The standard InChI is InChI=1S/C16H9F3INO2S/c17-16(18,19)11-4-2-5-12(8-11)24(22,23)13-7-10-3-1-6-14(20)15(10)21-9-13/h1-9H. The molecule has 3 rings (SSSR count). The second kappa shape index (κ2) is 5.99. The fraction of sp³-hybridized carbons (Fsp3) is 0.0625. The molecule has 1 aromatic heterocycles. The minimum atomic E-state index is -4.61. The summed E-state index contributed by atoms with van der Waals surface area (Å²) in [6.07, 6.45) is -3.44. The molecule has 0 amide bonds. The number of nitrogens with zero attached hydrogens (tertiary/aromatic N) is 1. The summed E-state index contributed by atoms with van der Waals surface area (Å²) in [5.41, 5.74) is -0.368. The van der Waals surface area contributed by atoms with E-state index in [1.807, 2.05) is 6.07 Å². The molecule has 0 bridgehead atoms. The average molecular weight is 463 g/mol. The lowest BCUT2D eigenvalue weighted by atomic mass is 10.2. The minimum absolute atomic E-state index is 0.142. The molecule has 1 heterocycles. The van der Waals surface area contributed by atoms with Gasteiger partial charge in [-0.2, -0.15) is 13.2 Å². The van der Waals surface area contributed by atoms with Gasteiger partial charge in [0.05, 0.1) is 20.9 Å². The molecule has 0 spiro atoms. The first kappa shape index (κ1) is 17.2. The van der Waals surface area contributed by atoms with Gasteiger partial charge in [0.15, 0.2) is 0 Å². The Morgan fingerprint density at radius 1 is 0.958 bits per heavy atom. The fourth-order valence-corrected chi connectivity index (χ4v) is 4.17. The van der Waals surface area contributed by atoms with Gasteiger partial charge < -0.3 is 0 Å². The molecule has 3 nitrogen and oxygen atoms in total. The van der Waals surface area contributed by atoms with Crippen LogP contribution >= 0.6 is 22.6 Å². The lowest BCUT2D eigenvalue weighted by Crippen LogP contribution is -2.08. The second-order valence-electron chi connectivity index (χ2n) is 5.01. The third-order valence-corrected chi connectivity index (χ3v) is 6.01. The van der Waals surface area contributed by atoms with Crippen LogP contribution in [0.5, 0.6) is 0 Å². The number of aromatic nitrogens is 1. The Bertz CT molecular complexity index is 1030. The van der Waals surface area contributed by atoms with E-state index in [1.165, 1.54) is 12.3 Å². The van der Waals surface area contributed by atoms with Gasteiger partial charge in [0, 0.05) is 15.2 Å². The summed E-state index contributed by atoms with van der Waals surface area (Å²) in [6, 6.07) is 10.4. The van der Waals surface area contributed by atoms with Crippen LogP contribution in [0.4, 0.5) is 13.2 Å². The molecular formula is C16H9F3INO2S. The molecule has 3 aromatic rings. The summed E-state index contributed by atoms with van der Waals surface area (Å²) in [6.45, 7) is 0. The third kappa shape index (κ3) is 3.12. The van der Waals surface area contributed by atoms with Gasteiger partial charge in [-0.3, -0.25) is 4.98 Å². The van der Waals surface area contributed by atoms with Crippen molar-refractivity contribution in [1.29, 1.82) is 0 Å². The van der Waals surface area contributed by atoms with Crippen molar-refractivity contribution in [3.63, 3.8) is 0 Å². The maximum Gasteiger partial charge on any atom is 0.416 e. The normalized spacial score (nSPS) is 12.5. The summed E-state index contributed by atoms with van der Waals surface area (Å²) in [5, 5.41) is 0.606. The van der Waals surface area contributed by atoms with Crippen molar-refractivity contribution in [3.8, 4) is 0 Å². The minimum Gasteiger partial charge on any atom is -0.254 e. The molecule has 0 saturated carbocycles. The molecule has 0 atom stereocenters. The van der Waals surface area contributed by atoms with Crippen molar-refractivity contribution < 1.29 is 21.6 Å². The number of rotatable bonds is 2. The monoisotopic (exact) mass is 463 g/mol. The predicted octanol–water partition coefficient (Wildman–Crippen LogP) is 4.69. The Labute approximate surface area is 149 Å². The number of fused-ring (bicyclic) bond motifs is 1. The summed E-state index contributed by atoms with van der Waals surface area (Å²) in [5.74, 6) is 0. The zero-order chi connectivity index (χ0) is 17.5. The molecular weight excluding hydrogens is 454 g/mol. The first-order valence-corrected chi connectivity index (χ1v) is 9.22. The predicted molar refractivity (Wildman–Crippen MR) is 91.4 cm³/mol. The van der Waals surface area contributed by atoms with Gasteiger partial charge in [0.25, 0.3) is 0 Å². The van der Waals surface area contributed by atoms with Gasteiger partial charge in [0.2, 0.25) is 9.84 Å². The van der Waals surface area contributed by atoms with Crippen molar-refractivity contribution in [2.75, 3.05) is 0 Å². The maximum absolute atomic E-state index is 12.8. The van der Waals surface area contributed by atoms with E-state index in [0.29, 0.717) is 17.0 Å². The van der Waals surface area contributed by atoms with Gasteiger partial charge in [-0.1, -0.05) is 18.2 Å². The van der Waals surface area contributed by atoms with Gasteiger partial charge in [-0.15, -0.1) is 0 Å². The summed E-state index contributed by atoms with van der Waals surface area (Å²) in [4.78, 5) is 3.58. The first-order chi connectivity index (χ1) is 11.2. The SMILES string of the molecule is O=S(=O)(c1cccc(C(F)(F)F)c1)c1cnc2c(I)cccc2c1. The Balaban J connectivity index is 2.15. The lowest BCUT2D eigenvalue weighted by Gasteiger charge is -2.10. The number of hydrogen-bond donors (Lipinski definition) is 0. The van der Waals surface area contributed by atoms with Crippen LogP contribution in [0.25, 0.3) is 10.9 Å². The molecule has 0 unspecified atom stereocenters. The van der Waals surface area contributed by atoms with Crippen molar-refractivity contribution in [2.45, 2.75) is 16.0 Å². The molecule has 0 aliphatic rings. The molecule has 2 aromatic carbocycles. The number of pyridine rings is 1. The first-order valence-electron chi connectivity index (χ1n) is 6.66. The van der Waals surface area contributed by atoms with E-state index in [4.69, 9.17) is 0 Å². The molecule has 0 aliphatic carbocycles. The zero-order valence-corrected chi connectivity index (χ0v) is 14.9. The van der Waals surface area contributed by atoms with Crippen molar-refractivity contribution in [3.05, 3.63) is 63.9 Å². The summed E-state index contributed by atoms with van der Waals surface area (Å²) >= 11 is 2.08. The molecule has 0 N–H and O–H groups in total. The molecule has 24 heavy (non-hydrogen) atoms. The molecule has 0 radical (unpaired) electrons. The number of alkyl halides is 3. The lowest BCUT2D eigenvalue weighted by molar-refractivity contribution is -0.137. The Kier molecular flexibility index (Phi) is 4.28. The average Bonchev–Trinajstić information content (AvgIpc) is 2.54. The number of halogens is 4. The van der Waals surface area contributed by atoms with E-state index in [9.17, 15) is 21.6 Å². The van der Waals surface area contributed by atoms with Gasteiger partial charge in [-0.25, -0.2) is 8.42 Å². The largest absolute Gasteiger partial charge is 0.416 e. The Hall–Kier alpha value is -1.68. The van der Waals surface area contributed by atoms with Crippen LogP contribution in [-0.2, 0) is 16.0 Å². The topological polar surface area (TPSA) is 47.0 Å². The smallest absolute Gasteiger partial charge is 0.254 e. The van der Waals surface area contributed by atoms with Gasteiger partial charge in [0.1, 0.15) is 0 Å². The van der Waals surface area contributed by atoms with Gasteiger partial charge in [-0.05, 0) is 52.9 Å². The highest BCUT2D eigenvalue weighted by molar-refractivity contribution is 14.1. The Morgan fingerprint density at radius 3 is 2.38 bits per heavy atom. The molecule has 124 valence electrons. The van der Waals surface area contributed by atoms with E-state index in [-0.39, 0.29) is 4.90 Å². The second-order valence-corrected chi connectivity index (χ2v) is 8.12. The van der Waals surface area contributed by atoms with Crippen LogP contribution in [0.2, 0.25) is 0 Å². The van der Waals surface area contributed by atoms with Crippen molar-refractivity contribution >= 4 is 43.3 Å². The Morgan fingerprint density at radius 2 is 1.67 bits per heavy atom. The summed E-state index contributed by atoms with van der Waals surface area (Å²) < 4.78 is 64.5. The molecule has 0 fully saturated rings. The van der Waals surface area contributed by atoms with E-state index >= 15 is 0 Å². The van der Waals surface area contributed by atoms with Crippen molar-refractivity contribution in [1.82, 2.24) is 4.98 Å². The number of sulfone groups is 1. The van der Waals surface area contributed by atoms with Crippen molar-refractivity contribution in [2.24, 2.45) is 0 Å². The van der Waals surface area contributed by atoms with E-state index in [0.717, 1.165) is 21.8 Å². The summed E-state index contributed by atoms with van der Waals surface area (Å²) in [7, 11) is -4.09. The highest BCUT2D eigenvalue weighted by Crippen LogP contribution is 2.32. The fourth-order valence-electron chi connectivity index (χ4n) is 2.23. The van der Waals surface area contributed by atoms with Crippen LogP contribution in [0.1, 0.15) is 5.56 Å². The quantitative estimate of drug-likeness (QED) is 0.519. The van der Waals surface area contributed by atoms with Crippen LogP contribution in [0.15, 0.2) is 64.5 Å². The number of benzene rings is 2. The molecule has 8 heteroatoms. The third-order valence-electron chi connectivity index (χ3n) is 3.42. The molecule has 0 aliphatic heterocycles. The van der Waals surface area contributed by atoms with E-state index in [1.54, 1.807) is 12.1 Å². The van der Waals surface area contributed by atoms with Gasteiger partial charge >= 0.3 is 6.18 Å². The van der Waals surface area contributed by atoms with Crippen LogP contribution in [0, 0.1) is 3.57 Å². The van der Waals surface area contributed by atoms with E-state index in [2.05, 4.69) is 27.6 Å². The number of para-hydroxylation sites is 1. The van der Waals surface area contributed by atoms with Crippen LogP contribution in [0.3, 0.4) is 0 Å².